The van der Waals surface area contributed by atoms with E-state index < -0.39 is 0 Å². The number of amides is 2. The van der Waals surface area contributed by atoms with E-state index >= 15 is 0 Å². The Bertz CT molecular complexity index is 1120. The lowest BCUT2D eigenvalue weighted by Gasteiger charge is -2.27. The highest BCUT2D eigenvalue weighted by Crippen LogP contribution is 2.40. The zero-order chi connectivity index (χ0) is 22.0. The standard InChI is InChI=1S/C25H26N2O3S/c1-16-9-10-17(2)20(15-16)23(28)26-24-21(25(29)27-11-13-30-14-12-27)18(3)22(31-24)19-7-5-4-6-8-19/h4-10,15H,11-14H2,1-3H3,(H,26,28). The first kappa shape index (κ1) is 21.3. The Labute approximate surface area is 186 Å². The number of carbonyl (C=O) groups excluding carboxylic acids is 2. The van der Waals surface area contributed by atoms with Gasteiger partial charge in [0.25, 0.3) is 11.8 Å². The van der Waals surface area contributed by atoms with Crippen molar-refractivity contribution >= 4 is 28.2 Å². The van der Waals surface area contributed by atoms with Crippen LogP contribution in [0.1, 0.15) is 37.4 Å². The zero-order valence-electron chi connectivity index (χ0n) is 18.0. The first-order valence-corrected chi connectivity index (χ1v) is 11.2. The number of thiophene rings is 1. The third kappa shape index (κ3) is 4.40. The number of hydrogen-bond acceptors (Lipinski definition) is 4. The molecule has 2 amide bonds. The second-order valence-corrected chi connectivity index (χ2v) is 8.82. The number of carbonyl (C=O) groups is 2. The molecule has 0 aliphatic carbocycles. The maximum Gasteiger partial charge on any atom is 0.257 e. The fourth-order valence-corrected chi connectivity index (χ4v) is 5.00. The fourth-order valence-electron chi connectivity index (χ4n) is 3.80. The number of morpholine rings is 1. The second-order valence-electron chi connectivity index (χ2n) is 7.80. The van der Waals surface area contributed by atoms with Crippen LogP contribution in [0.4, 0.5) is 5.00 Å². The van der Waals surface area contributed by atoms with E-state index in [1.807, 2.05) is 69.3 Å². The van der Waals surface area contributed by atoms with E-state index in [2.05, 4.69) is 5.32 Å². The van der Waals surface area contributed by atoms with E-state index in [0.717, 1.165) is 27.1 Å². The Morgan fingerprint density at radius 2 is 1.71 bits per heavy atom. The molecule has 1 aliphatic rings. The van der Waals surface area contributed by atoms with E-state index in [9.17, 15) is 9.59 Å². The zero-order valence-corrected chi connectivity index (χ0v) is 18.8. The van der Waals surface area contributed by atoms with Gasteiger partial charge in [-0.15, -0.1) is 11.3 Å². The number of nitrogens with zero attached hydrogens (tertiary/aromatic N) is 1. The third-order valence-corrected chi connectivity index (χ3v) is 6.82. The Morgan fingerprint density at radius 3 is 2.42 bits per heavy atom. The summed E-state index contributed by atoms with van der Waals surface area (Å²) in [5, 5.41) is 3.64. The Kier molecular flexibility index (Phi) is 6.20. The number of anilines is 1. The molecule has 0 saturated carbocycles. The van der Waals surface area contributed by atoms with Gasteiger partial charge in [0.15, 0.2) is 0 Å². The summed E-state index contributed by atoms with van der Waals surface area (Å²) in [6, 6.07) is 15.8. The Morgan fingerprint density at radius 1 is 1.00 bits per heavy atom. The highest BCUT2D eigenvalue weighted by atomic mass is 32.1. The van der Waals surface area contributed by atoms with Crippen molar-refractivity contribution in [2.75, 3.05) is 31.6 Å². The first-order valence-electron chi connectivity index (χ1n) is 10.4. The topological polar surface area (TPSA) is 58.6 Å². The molecule has 0 unspecified atom stereocenters. The molecular weight excluding hydrogens is 408 g/mol. The van der Waals surface area contributed by atoms with E-state index in [1.165, 1.54) is 11.3 Å². The van der Waals surface area contributed by atoms with E-state index in [1.54, 1.807) is 4.90 Å². The van der Waals surface area contributed by atoms with Crippen LogP contribution < -0.4 is 5.32 Å². The third-order valence-electron chi connectivity index (χ3n) is 5.56. The average Bonchev–Trinajstić information content (AvgIpc) is 3.11. The molecule has 0 radical (unpaired) electrons. The highest BCUT2D eigenvalue weighted by Gasteiger charge is 2.28. The molecule has 3 aromatic rings. The summed E-state index contributed by atoms with van der Waals surface area (Å²) in [6.45, 7) is 8.02. The predicted molar refractivity (Wildman–Crippen MR) is 125 cm³/mol. The molecule has 4 rings (SSSR count). The van der Waals surface area contributed by atoms with E-state index in [0.29, 0.717) is 42.4 Å². The summed E-state index contributed by atoms with van der Waals surface area (Å²) in [7, 11) is 0. The maximum absolute atomic E-state index is 13.5. The second kappa shape index (κ2) is 9.04. The maximum atomic E-state index is 13.5. The smallest absolute Gasteiger partial charge is 0.257 e. The average molecular weight is 435 g/mol. The normalized spacial score (nSPS) is 13.8. The minimum Gasteiger partial charge on any atom is -0.378 e. The summed E-state index contributed by atoms with van der Waals surface area (Å²) < 4.78 is 5.41. The molecule has 1 fully saturated rings. The fraction of sp³-hybridized carbons (Fsp3) is 0.280. The van der Waals surface area contributed by atoms with E-state index in [4.69, 9.17) is 4.74 Å². The van der Waals surface area contributed by atoms with Crippen LogP contribution >= 0.6 is 11.3 Å². The van der Waals surface area contributed by atoms with Crippen LogP contribution in [-0.4, -0.2) is 43.0 Å². The van der Waals surface area contributed by atoms with Crippen LogP contribution in [0.5, 0.6) is 0 Å². The summed E-state index contributed by atoms with van der Waals surface area (Å²) in [4.78, 5) is 29.4. The Balaban J connectivity index is 1.75. The summed E-state index contributed by atoms with van der Waals surface area (Å²) in [5.41, 5.74) is 5.05. The minimum absolute atomic E-state index is 0.0597. The van der Waals surface area contributed by atoms with Gasteiger partial charge in [0.2, 0.25) is 0 Å². The van der Waals surface area contributed by atoms with Crippen molar-refractivity contribution in [1.82, 2.24) is 4.90 Å². The van der Waals surface area contributed by atoms with Crippen molar-refractivity contribution in [3.8, 4) is 10.4 Å². The molecule has 2 heterocycles. The van der Waals surface area contributed by atoms with Gasteiger partial charge in [-0.25, -0.2) is 0 Å². The quantitative estimate of drug-likeness (QED) is 0.624. The van der Waals surface area contributed by atoms with Crippen LogP contribution in [0.15, 0.2) is 48.5 Å². The van der Waals surface area contributed by atoms with Crippen molar-refractivity contribution in [2.45, 2.75) is 20.8 Å². The van der Waals surface area contributed by atoms with Gasteiger partial charge in [0, 0.05) is 23.5 Å². The van der Waals surface area contributed by atoms with Crippen LogP contribution in [-0.2, 0) is 4.74 Å². The Hall–Kier alpha value is -2.96. The van der Waals surface area contributed by atoms with Gasteiger partial charge in [0.05, 0.1) is 18.8 Å². The monoisotopic (exact) mass is 434 g/mol. The van der Waals surface area contributed by atoms with E-state index in [-0.39, 0.29) is 11.8 Å². The highest BCUT2D eigenvalue weighted by molar-refractivity contribution is 7.20. The number of aryl methyl sites for hydroxylation is 2. The molecule has 6 heteroatoms. The lowest BCUT2D eigenvalue weighted by Crippen LogP contribution is -2.41. The van der Waals surface area contributed by atoms with Crippen LogP contribution in [0.3, 0.4) is 0 Å². The molecule has 0 spiro atoms. The molecule has 31 heavy (non-hydrogen) atoms. The van der Waals surface area contributed by atoms with Crippen LogP contribution in [0.25, 0.3) is 10.4 Å². The van der Waals surface area contributed by atoms with Gasteiger partial charge < -0.3 is 15.0 Å². The molecule has 2 aromatic carbocycles. The first-order chi connectivity index (χ1) is 15.0. The minimum atomic E-state index is -0.196. The number of benzene rings is 2. The molecule has 1 aromatic heterocycles. The molecule has 1 aliphatic heterocycles. The molecule has 160 valence electrons. The lowest BCUT2D eigenvalue weighted by atomic mass is 10.0. The number of ether oxygens (including phenoxy) is 1. The molecule has 5 nitrogen and oxygen atoms in total. The van der Waals surface area contributed by atoms with Crippen molar-refractivity contribution in [3.63, 3.8) is 0 Å². The molecule has 0 atom stereocenters. The summed E-state index contributed by atoms with van der Waals surface area (Å²) in [6.07, 6.45) is 0. The lowest BCUT2D eigenvalue weighted by molar-refractivity contribution is 0.0303. The molecular formula is C25H26N2O3S. The number of nitrogens with one attached hydrogen (secondary N) is 1. The van der Waals surface area contributed by atoms with Gasteiger partial charge in [-0.05, 0) is 43.5 Å². The molecule has 0 bridgehead atoms. The number of hydrogen-bond donors (Lipinski definition) is 1. The SMILES string of the molecule is Cc1ccc(C)c(C(=O)Nc2sc(-c3ccccc3)c(C)c2C(=O)N2CCOCC2)c1. The van der Waals surface area contributed by atoms with Gasteiger partial charge in [0.1, 0.15) is 5.00 Å². The molecule has 1 N–H and O–H groups in total. The predicted octanol–water partition coefficient (Wildman–Crippen LogP) is 5.07. The number of rotatable bonds is 4. The van der Waals surface area contributed by atoms with Crippen LogP contribution in [0, 0.1) is 20.8 Å². The van der Waals surface area contributed by atoms with Gasteiger partial charge in [-0.1, -0.05) is 48.0 Å². The van der Waals surface area contributed by atoms with Gasteiger partial charge >= 0.3 is 0 Å². The summed E-state index contributed by atoms with van der Waals surface area (Å²) in [5.74, 6) is -0.256. The van der Waals surface area contributed by atoms with Crippen molar-refractivity contribution in [2.24, 2.45) is 0 Å². The van der Waals surface area contributed by atoms with Crippen LogP contribution in [0.2, 0.25) is 0 Å². The largest absolute Gasteiger partial charge is 0.378 e. The van der Waals surface area contributed by atoms with Crippen molar-refractivity contribution in [3.05, 3.63) is 76.3 Å². The van der Waals surface area contributed by atoms with Crippen molar-refractivity contribution in [1.29, 1.82) is 0 Å². The summed E-state index contributed by atoms with van der Waals surface area (Å²) >= 11 is 1.45. The van der Waals surface area contributed by atoms with Gasteiger partial charge in [-0.2, -0.15) is 0 Å². The molecule has 1 saturated heterocycles. The van der Waals surface area contributed by atoms with Crippen molar-refractivity contribution < 1.29 is 14.3 Å². The van der Waals surface area contributed by atoms with Gasteiger partial charge in [-0.3, -0.25) is 9.59 Å².